The van der Waals surface area contributed by atoms with Gasteiger partial charge in [-0.15, -0.1) is 0 Å². The van der Waals surface area contributed by atoms with E-state index in [-0.39, 0.29) is 25.6 Å². The minimum absolute atomic E-state index is 0.130. The molecule has 0 aliphatic rings. The SMILES string of the molecule is CCCC/C=C\CCCCCCCC(=O)O[C@H](COC(=O)CCC/C=C\C/C=C\C/C=C\C/C=C\CCC[C@@H](C)O)COP(=O)(O)OC[C@H](N)C(=O)O. The van der Waals surface area contributed by atoms with Crippen molar-refractivity contribution in [2.45, 2.75) is 154 Å². The Morgan fingerprint density at radius 2 is 1.15 bits per heavy atom. The Labute approximate surface area is 318 Å². The maximum absolute atomic E-state index is 12.5. The number of carbonyl (C=O) groups excluding carboxylic acids is 2. The summed E-state index contributed by atoms with van der Waals surface area (Å²) in [4.78, 5) is 45.7. The van der Waals surface area contributed by atoms with Crippen LogP contribution in [0.15, 0.2) is 60.8 Å². The summed E-state index contributed by atoms with van der Waals surface area (Å²) in [5, 5.41) is 18.1. The largest absolute Gasteiger partial charge is 0.480 e. The standard InChI is InChI=1S/C40H68NO11P/c1-3-4-5-6-7-8-14-19-22-25-28-31-39(44)52-36(33-50-53(47,48)51-34-37(41)40(45)46)32-49-38(43)30-27-24-21-18-16-13-11-9-10-12-15-17-20-23-26-29-35(2)42/h6-7,10-13,17-18,20-21,35-37,42H,3-5,8-9,14-16,19,22-34,41H2,1-2H3,(H,45,46)(H,47,48)/b7-6-,12-10-,13-11-,20-17-,21-18-/t35-,36-,37+/m1/s1. The minimum atomic E-state index is -4.73. The van der Waals surface area contributed by atoms with Crippen LogP contribution in [0.2, 0.25) is 0 Å². The van der Waals surface area contributed by atoms with Crippen LogP contribution in [0.4, 0.5) is 0 Å². The van der Waals surface area contributed by atoms with Crippen LogP contribution in [0.5, 0.6) is 0 Å². The molecule has 0 aliphatic carbocycles. The fourth-order valence-corrected chi connectivity index (χ4v) is 5.42. The van der Waals surface area contributed by atoms with E-state index in [9.17, 15) is 28.9 Å². The Kier molecular flexibility index (Phi) is 33.0. The summed E-state index contributed by atoms with van der Waals surface area (Å²) in [7, 11) is -4.73. The third kappa shape index (κ3) is 35.9. The Hall–Kier alpha value is -2.86. The van der Waals surface area contributed by atoms with Crippen molar-refractivity contribution in [3.8, 4) is 0 Å². The highest BCUT2D eigenvalue weighted by molar-refractivity contribution is 7.47. The molecule has 5 N–H and O–H groups in total. The van der Waals surface area contributed by atoms with Crippen molar-refractivity contribution in [3.63, 3.8) is 0 Å². The molecule has 12 nitrogen and oxygen atoms in total. The van der Waals surface area contributed by atoms with E-state index in [1.54, 1.807) is 0 Å². The summed E-state index contributed by atoms with van der Waals surface area (Å²) in [6.07, 6.45) is 35.8. The molecule has 0 amide bonds. The van der Waals surface area contributed by atoms with Gasteiger partial charge in [-0.25, -0.2) is 4.57 Å². The van der Waals surface area contributed by atoms with Crippen molar-refractivity contribution < 1.29 is 52.6 Å². The first-order chi connectivity index (χ1) is 25.5. The molecule has 0 radical (unpaired) electrons. The first-order valence-corrected chi connectivity index (χ1v) is 20.8. The molecule has 0 aromatic carbocycles. The lowest BCUT2D eigenvalue weighted by Crippen LogP contribution is -2.34. The van der Waals surface area contributed by atoms with Gasteiger partial charge >= 0.3 is 25.7 Å². The predicted octanol–water partition coefficient (Wildman–Crippen LogP) is 8.58. The van der Waals surface area contributed by atoms with Gasteiger partial charge < -0.3 is 30.3 Å². The molecule has 0 heterocycles. The lowest BCUT2D eigenvalue weighted by atomic mass is 10.1. The molecule has 0 aromatic rings. The number of ether oxygens (including phenoxy) is 2. The highest BCUT2D eigenvalue weighted by Crippen LogP contribution is 2.43. The van der Waals surface area contributed by atoms with Crippen LogP contribution in [0.25, 0.3) is 0 Å². The van der Waals surface area contributed by atoms with Crippen molar-refractivity contribution in [3.05, 3.63) is 60.8 Å². The van der Waals surface area contributed by atoms with Gasteiger partial charge in [0.1, 0.15) is 12.6 Å². The lowest BCUT2D eigenvalue weighted by Gasteiger charge is -2.20. The smallest absolute Gasteiger partial charge is 0.472 e. The molecule has 0 fully saturated rings. The molecule has 0 bridgehead atoms. The van der Waals surface area contributed by atoms with Crippen molar-refractivity contribution in [1.82, 2.24) is 0 Å². The molecule has 304 valence electrons. The summed E-state index contributed by atoms with van der Waals surface area (Å²) in [6, 6.07) is -1.54. The highest BCUT2D eigenvalue weighted by atomic mass is 31.2. The Morgan fingerprint density at radius 1 is 0.660 bits per heavy atom. The van der Waals surface area contributed by atoms with E-state index in [2.05, 4.69) is 60.1 Å². The number of hydrogen-bond acceptors (Lipinski definition) is 10. The average Bonchev–Trinajstić information content (AvgIpc) is 3.11. The molecule has 0 aromatic heterocycles. The van der Waals surface area contributed by atoms with Crippen molar-refractivity contribution >= 4 is 25.7 Å². The van der Waals surface area contributed by atoms with Crippen LogP contribution in [-0.4, -0.2) is 71.1 Å². The number of aliphatic hydroxyl groups excluding tert-OH is 1. The Bertz CT molecular complexity index is 1150. The van der Waals surface area contributed by atoms with Crippen LogP contribution in [0.3, 0.4) is 0 Å². The van der Waals surface area contributed by atoms with Crippen molar-refractivity contribution in [2.24, 2.45) is 5.73 Å². The summed E-state index contributed by atoms with van der Waals surface area (Å²) in [5.41, 5.74) is 5.31. The van der Waals surface area contributed by atoms with E-state index in [1.165, 1.54) is 12.8 Å². The summed E-state index contributed by atoms with van der Waals surface area (Å²) in [6.45, 7) is 2.21. The number of nitrogens with two attached hydrogens (primary N) is 1. The number of hydrogen-bond donors (Lipinski definition) is 4. The topological polar surface area (TPSA) is 192 Å². The molecular weight excluding hydrogens is 701 g/mol. The molecule has 0 aliphatic heterocycles. The number of allylic oxidation sites excluding steroid dienone is 10. The first kappa shape index (κ1) is 50.1. The van der Waals surface area contributed by atoms with E-state index >= 15 is 0 Å². The zero-order chi connectivity index (χ0) is 39.4. The van der Waals surface area contributed by atoms with E-state index < -0.39 is 51.1 Å². The molecule has 0 saturated carbocycles. The Morgan fingerprint density at radius 3 is 1.75 bits per heavy atom. The van der Waals surface area contributed by atoms with Gasteiger partial charge in [0.25, 0.3) is 0 Å². The van der Waals surface area contributed by atoms with Crippen molar-refractivity contribution in [2.75, 3.05) is 19.8 Å². The number of phosphoric ester groups is 1. The van der Waals surface area contributed by atoms with Crippen LogP contribution in [0, 0.1) is 0 Å². The van der Waals surface area contributed by atoms with E-state index in [0.29, 0.717) is 19.3 Å². The second-order valence-corrected chi connectivity index (χ2v) is 14.4. The van der Waals surface area contributed by atoms with Gasteiger partial charge in [-0.1, -0.05) is 99.8 Å². The first-order valence-electron chi connectivity index (χ1n) is 19.3. The normalized spacial score (nSPS) is 15.1. The van der Waals surface area contributed by atoms with Gasteiger partial charge in [0, 0.05) is 12.8 Å². The van der Waals surface area contributed by atoms with Crippen molar-refractivity contribution in [1.29, 1.82) is 0 Å². The third-order valence-electron chi connectivity index (χ3n) is 7.76. The van der Waals surface area contributed by atoms with E-state index in [4.69, 9.17) is 24.8 Å². The minimum Gasteiger partial charge on any atom is -0.480 e. The zero-order valence-electron chi connectivity index (χ0n) is 32.2. The lowest BCUT2D eigenvalue weighted by molar-refractivity contribution is -0.161. The quantitative estimate of drug-likeness (QED) is 0.0208. The third-order valence-corrected chi connectivity index (χ3v) is 8.71. The zero-order valence-corrected chi connectivity index (χ0v) is 33.1. The van der Waals surface area contributed by atoms with E-state index in [1.807, 2.05) is 19.1 Å². The molecule has 1 unspecified atom stereocenters. The number of aliphatic hydroxyl groups is 1. The van der Waals surface area contributed by atoms with Gasteiger partial charge in [0.15, 0.2) is 6.10 Å². The fraction of sp³-hybridized carbons (Fsp3) is 0.675. The molecule has 4 atom stereocenters. The number of carboxylic acid groups (broad SMARTS) is 1. The number of esters is 2. The molecule has 53 heavy (non-hydrogen) atoms. The molecular formula is C40H68NO11P. The number of carbonyl (C=O) groups is 3. The van der Waals surface area contributed by atoms with Crippen LogP contribution in [0.1, 0.15) is 136 Å². The van der Waals surface area contributed by atoms with Gasteiger partial charge in [0.05, 0.1) is 19.3 Å². The second kappa shape index (κ2) is 34.9. The fourth-order valence-electron chi connectivity index (χ4n) is 4.64. The molecule has 13 heteroatoms. The maximum atomic E-state index is 12.5. The number of unbranched alkanes of at least 4 members (excludes halogenated alkanes) is 9. The Balaban J connectivity index is 4.52. The molecule has 0 saturated heterocycles. The summed E-state index contributed by atoms with van der Waals surface area (Å²) in [5.74, 6) is -2.49. The predicted molar refractivity (Wildman–Crippen MR) is 209 cm³/mol. The monoisotopic (exact) mass is 769 g/mol. The van der Waals surface area contributed by atoms with Gasteiger partial charge in [-0.05, 0) is 84.0 Å². The average molecular weight is 770 g/mol. The van der Waals surface area contributed by atoms with E-state index in [0.717, 1.165) is 77.0 Å². The number of rotatable bonds is 35. The van der Waals surface area contributed by atoms with Gasteiger partial charge in [0.2, 0.25) is 0 Å². The molecule has 0 spiro atoms. The van der Waals surface area contributed by atoms with Crippen LogP contribution in [-0.2, 0) is 37.5 Å². The van der Waals surface area contributed by atoms with Gasteiger partial charge in [-0.3, -0.25) is 23.4 Å². The summed E-state index contributed by atoms with van der Waals surface area (Å²) >= 11 is 0. The van der Waals surface area contributed by atoms with Crippen LogP contribution >= 0.6 is 7.82 Å². The van der Waals surface area contributed by atoms with Crippen LogP contribution < -0.4 is 5.73 Å². The van der Waals surface area contributed by atoms with Gasteiger partial charge in [-0.2, -0.15) is 0 Å². The second-order valence-electron chi connectivity index (χ2n) is 13.0. The number of carboxylic acids is 1. The maximum Gasteiger partial charge on any atom is 0.472 e. The highest BCUT2D eigenvalue weighted by Gasteiger charge is 2.28. The summed E-state index contributed by atoms with van der Waals surface area (Å²) < 4.78 is 32.5. The number of phosphoric acid groups is 1. The number of aliphatic carboxylic acids is 1. The molecule has 0 rings (SSSR count).